The lowest BCUT2D eigenvalue weighted by Gasteiger charge is -2.35. The van der Waals surface area contributed by atoms with Gasteiger partial charge in [0.15, 0.2) is 0 Å². The number of primary amides is 1. The Morgan fingerprint density at radius 3 is 3.07 bits per heavy atom. The number of aromatic nitrogens is 1. The molecule has 1 amide bonds. The third kappa shape index (κ3) is 2.04. The molecule has 0 saturated carbocycles. The van der Waals surface area contributed by atoms with E-state index in [1.165, 1.54) is 5.69 Å². The summed E-state index contributed by atoms with van der Waals surface area (Å²) in [5.41, 5.74) is 6.53. The number of nitrogens with zero attached hydrogens (tertiary/aromatic N) is 1. The molecule has 1 fully saturated rings. The lowest BCUT2D eigenvalue weighted by atomic mass is 9.89. The number of rotatable bonds is 2. The predicted octanol–water partition coefficient (Wildman–Crippen LogP) is 0.883. The van der Waals surface area contributed by atoms with E-state index in [2.05, 4.69) is 23.0 Å². The number of nitrogens with two attached hydrogens (primary N) is 1. The van der Waals surface area contributed by atoms with Crippen LogP contribution in [0, 0.1) is 5.92 Å². The second-order valence-electron chi connectivity index (χ2n) is 4.25. The average Bonchev–Trinajstić information content (AvgIpc) is 2.71. The van der Waals surface area contributed by atoms with Gasteiger partial charge in [-0.15, -0.1) is 0 Å². The van der Waals surface area contributed by atoms with Crippen LogP contribution in [-0.2, 0) is 4.79 Å². The molecule has 0 aromatic carbocycles. The highest BCUT2D eigenvalue weighted by molar-refractivity contribution is 5.76. The summed E-state index contributed by atoms with van der Waals surface area (Å²) in [5.74, 6) is -0.144. The first-order valence-corrected chi connectivity index (χ1v) is 5.31. The molecule has 82 valence electrons. The van der Waals surface area contributed by atoms with Gasteiger partial charge >= 0.3 is 0 Å². The van der Waals surface area contributed by atoms with Crippen molar-refractivity contribution in [1.82, 2.24) is 9.88 Å². The van der Waals surface area contributed by atoms with Crippen molar-refractivity contribution < 1.29 is 4.79 Å². The van der Waals surface area contributed by atoms with Gasteiger partial charge in [-0.3, -0.25) is 9.69 Å². The van der Waals surface area contributed by atoms with Crippen LogP contribution in [-0.4, -0.2) is 29.4 Å². The number of carbonyl (C=O) groups excluding carboxylic acids is 1. The van der Waals surface area contributed by atoms with Crippen molar-refractivity contribution in [2.24, 2.45) is 11.7 Å². The van der Waals surface area contributed by atoms with Gasteiger partial charge in [0.25, 0.3) is 0 Å². The number of H-pyrrole nitrogens is 1. The fraction of sp³-hybridized carbons (Fsp3) is 0.545. The van der Waals surface area contributed by atoms with Crippen LogP contribution < -0.4 is 5.73 Å². The maximum atomic E-state index is 11.2. The summed E-state index contributed by atoms with van der Waals surface area (Å²) in [6.07, 6.45) is 3.62. The normalized spacial score (nSPS) is 27.8. The van der Waals surface area contributed by atoms with Gasteiger partial charge in [0.05, 0.1) is 6.04 Å². The van der Waals surface area contributed by atoms with E-state index < -0.39 is 0 Å². The molecule has 0 aliphatic carbocycles. The molecule has 0 spiro atoms. The molecule has 2 rings (SSSR count). The minimum Gasteiger partial charge on any atom is -0.369 e. The van der Waals surface area contributed by atoms with E-state index in [0.29, 0.717) is 6.04 Å². The Morgan fingerprint density at radius 1 is 1.67 bits per heavy atom. The van der Waals surface area contributed by atoms with E-state index in [1.807, 2.05) is 12.3 Å². The third-order valence-electron chi connectivity index (χ3n) is 3.25. The van der Waals surface area contributed by atoms with Crippen molar-refractivity contribution in [3.63, 3.8) is 0 Å². The van der Waals surface area contributed by atoms with Crippen molar-refractivity contribution in [2.45, 2.75) is 18.9 Å². The number of piperidine rings is 1. The van der Waals surface area contributed by atoms with Crippen LogP contribution in [0.1, 0.15) is 24.6 Å². The van der Waals surface area contributed by atoms with Crippen LogP contribution in [0.3, 0.4) is 0 Å². The number of hydrogen-bond donors (Lipinski definition) is 2. The maximum Gasteiger partial charge on any atom is 0.220 e. The minimum atomic E-state index is -0.167. The summed E-state index contributed by atoms with van der Waals surface area (Å²) in [5, 5.41) is 0. The Hall–Kier alpha value is -1.29. The first-order valence-electron chi connectivity index (χ1n) is 5.31. The largest absolute Gasteiger partial charge is 0.369 e. The summed E-state index contributed by atoms with van der Waals surface area (Å²) in [7, 11) is 2.09. The van der Waals surface area contributed by atoms with E-state index in [4.69, 9.17) is 5.73 Å². The number of nitrogens with one attached hydrogen (secondary N) is 1. The van der Waals surface area contributed by atoms with Crippen LogP contribution in [0.2, 0.25) is 0 Å². The van der Waals surface area contributed by atoms with Crippen molar-refractivity contribution in [3.05, 3.63) is 24.0 Å². The van der Waals surface area contributed by atoms with Gasteiger partial charge in [-0.1, -0.05) is 0 Å². The zero-order chi connectivity index (χ0) is 10.8. The Labute approximate surface area is 89.5 Å². The predicted molar refractivity (Wildman–Crippen MR) is 58.1 cm³/mol. The highest BCUT2D eigenvalue weighted by Gasteiger charge is 2.30. The minimum absolute atomic E-state index is 0.0227. The second kappa shape index (κ2) is 4.06. The molecule has 3 N–H and O–H groups in total. The first-order chi connectivity index (χ1) is 7.18. The molecule has 1 aliphatic rings. The Balaban J connectivity index is 2.12. The topological polar surface area (TPSA) is 62.1 Å². The quantitative estimate of drug-likeness (QED) is 0.756. The Morgan fingerprint density at radius 2 is 2.47 bits per heavy atom. The monoisotopic (exact) mass is 207 g/mol. The molecule has 2 heterocycles. The fourth-order valence-electron chi connectivity index (χ4n) is 2.26. The Bertz CT molecular complexity index is 334. The fourth-order valence-corrected chi connectivity index (χ4v) is 2.26. The van der Waals surface area contributed by atoms with Crippen molar-refractivity contribution in [2.75, 3.05) is 13.6 Å². The molecular weight excluding hydrogens is 190 g/mol. The molecule has 2 atom stereocenters. The maximum absolute atomic E-state index is 11.2. The van der Waals surface area contributed by atoms with E-state index in [0.717, 1.165) is 19.4 Å². The third-order valence-corrected chi connectivity index (χ3v) is 3.25. The summed E-state index contributed by atoms with van der Waals surface area (Å²) >= 11 is 0. The van der Waals surface area contributed by atoms with E-state index in [1.54, 1.807) is 0 Å². The zero-order valence-electron chi connectivity index (χ0n) is 8.94. The second-order valence-corrected chi connectivity index (χ2v) is 4.25. The van der Waals surface area contributed by atoms with Gasteiger partial charge < -0.3 is 10.7 Å². The summed E-state index contributed by atoms with van der Waals surface area (Å²) in [6.45, 7) is 0.928. The molecule has 1 aromatic heterocycles. The molecule has 15 heavy (non-hydrogen) atoms. The number of hydrogen-bond acceptors (Lipinski definition) is 2. The lowest BCUT2D eigenvalue weighted by Crippen LogP contribution is -2.38. The van der Waals surface area contributed by atoms with E-state index >= 15 is 0 Å². The summed E-state index contributed by atoms with van der Waals surface area (Å²) in [4.78, 5) is 16.6. The molecule has 1 saturated heterocycles. The van der Waals surface area contributed by atoms with Crippen molar-refractivity contribution in [3.8, 4) is 0 Å². The van der Waals surface area contributed by atoms with Crippen LogP contribution in [0.4, 0.5) is 0 Å². The van der Waals surface area contributed by atoms with Gasteiger partial charge in [0, 0.05) is 17.8 Å². The molecule has 2 unspecified atom stereocenters. The first kappa shape index (κ1) is 10.2. The van der Waals surface area contributed by atoms with Gasteiger partial charge in [-0.05, 0) is 38.6 Å². The van der Waals surface area contributed by atoms with E-state index in [9.17, 15) is 4.79 Å². The molecule has 0 radical (unpaired) electrons. The van der Waals surface area contributed by atoms with Crippen LogP contribution in [0.15, 0.2) is 18.3 Å². The lowest BCUT2D eigenvalue weighted by molar-refractivity contribution is -0.123. The highest BCUT2D eigenvalue weighted by atomic mass is 16.1. The molecule has 1 aromatic rings. The van der Waals surface area contributed by atoms with Crippen molar-refractivity contribution in [1.29, 1.82) is 0 Å². The molecule has 0 bridgehead atoms. The number of likely N-dealkylation sites (tertiary alicyclic amines) is 1. The number of aromatic amines is 1. The smallest absolute Gasteiger partial charge is 0.220 e. The number of carbonyl (C=O) groups is 1. The molecular formula is C11H17N3O. The van der Waals surface area contributed by atoms with Gasteiger partial charge in [0.1, 0.15) is 0 Å². The van der Waals surface area contributed by atoms with Gasteiger partial charge in [0.2, 0.25) is 5.91 Å². The van der Waals surface area contributed by atoms with Gasteiger partial charge in [-0.2, -0.15) is 0 Å². The Kier molecular flexibility index (Phi) is 2.77. The summed E-state index contributed by atoms with van der Waals surface area (Å²) in [6, 6.07) is 4.34. The van der Waals surface area contributed by atoms with Crippen LogP contribution in [0.25, 0.3) is 0 Å². The zero-order valence-corrected chi connectivity index (χ0v) is 8.94. The SMILES string of the molecule is CN1CCC(C(N)=O)CC1c1ccc[nH]1. The highest BCUT2D eigenvalue weighted by Crippen LogP contribution is 2.31. The number of amides is 1. The standard InChI is InChI=1S/C11H17N3O/c1-14-6-4-8(11(12)15)7-10(14)9-3-2-5-13-9/h2-3,5,8,10,13H,4,6-7H2,1H3,(H2,12,15). The average molecular weight is 207 g/mol. The molecule has 4 heteroatoms. The molecule has 1 aliphatic heterocycles. The molecule has 4 nitrogen and oxygen atoms in total. The van der Waals surface area contributed by atoms with Gasteiger partial charge in [-0.25, -0.2) is 0 Å². The van der Waals surface area contributed by atoms with E-state index in [-0.39, 0.29) is 11.8 Å². The van der Waals surface area contributed by atoms with Crippen LogP contribution >= 0.6 is 0 Å². The van der Waals surface area contributed by atoms with Crippen molar-refractivity contribution >= 4 is 5.91 Å². The van der Waals surface area contributed by atoms with Crippen LogP contribution in [0.5, 0.6) is 0 Å². The summed E-state index contributed by atoms with van der Waals surface area (Å²) < 4.78 is 0.